The van der Waals surface area contributed by atoms with Crippen molar-refractivity contribution in [2.45, 2.75) is 0 Å². The molecule has 5 nitrogen and oxygen atoms in total. The predicted molar refractivity (Wildman–Crippen MR) is 36.0 cm³/mol. The third-order valence-electron chi connectivity index (χ3n) is 1.35. The summed E-state index contributed by atoms with van der Waals surface area (Å²) in [6.45, 7) is 0. The molecule has 0 bridgehead atoms. The van der Waals surface area contributed by atoms with Crippen LogP contribution in [0.1, 0.15) is 4.79 Å². The van der Waals surface area contributed by atoms with Gasteiger partial charge in [0.2, 0.25) is 5.95 Å². The molecule has 5 heteroatoms. The van der Waals surface area contributed by atoms with E-state index in [1.54, 1.807) is 0 Å². The lowest BCUT2D eigenvalue weighted by Crippen LogP contribution is -2.24. The molecule has 0 saturated carbocycles. The number of nitrogens with zero attached hydrogens (tertiary/aromatic N) is 3. The minimum Gasteiger partial charge on any atom is -0.282 e. The summed E-state index contributed by atoms with van der Waals surface area (Å²) >= 11 is 0. The van der Waals surface area contributed by atoms with Crippen molar-refractivity contribution in [2.75, 3.05) is 0 Å². The van der Waals surface area contributed by atoms with Crippen LogP contribution in [-0.4, -0.2) is 27.5 Å². The molecule has 0 spiro atoms. The van der Waals surface area contributed by atoms with Crippen LogP contribution in [-0.2, 0) is 4.79 Å². The van der Waals surface area contributed by atoms with E-state index in [2.05, 4.69) is 9.98 Å². The van der Waals surface area contributed by atoms with Crippen LogP contribution in [0.3, 0.4) is 0 Å². The number of Topliss-reactive ketones (excluding diaryl/α,β-unsaturated/α-hetero) is 1. The van der Waals surface area contributed by atoms with Gasteiger partial charge in [0.05, 0.1) is 6.21 Å². The summed E-state index contributed by atoms with van der Waals surface area (Å²) in [5, 5.41) is 0. The number of ketones is 1. The van der Waals surface area contributed by atoms with Crippen LogP contribution < -0.4 is 0 Å². The molecule has 1 aliphatic heterocycles. The van der Waals surface area contributed by atoms with Gasteiger partial charge in [-0.15, -0.1) is 0 Å². The van der Waals surface area contributed by atoms with Gasteiger partial charge >= 0.3 is 5.91 Å². The molecule has 2 rings (SSSR count). The molecule has 11 heavy (non-hydrogen) atoms. The second-order valence-corrected chi connectivity index (χ2v) is 2.02. The lowest BCUT2D eigenvalue weighted by Gasteiger charge is -2.02. The summed E-state index contributed by atoms with van der Waals surface area (Å²) in [6, 6.07) is 0. The largest absolute Gasteiger partial charge is 0.306 e. The van der Waals surface area contributed by atoms with E-state index in [0.29, 0.717) is 0 Å². The molecule has 54 valence electrons. The molecule has 0 unspecified atom stereocenters. The molecule has 0 saturated heterocycles. The third-order valence-corrected chi connectivity index (χ3v) is 1.35. The summed E-state index contributed by atoms with van der Waals surface area (Å²) in [4.78, 5) is 29.0. The second kappa shape index (κ2) is 1.85. The van der Waals surface area contributed by atoms with Gasteiger partial charge in [-0.05, 0) is 0 Å². The van der Waals surface area contributed by atoms with E-state index in [1.165, 1.54) is 12.4 Å². The van der Waals surface area contributed by atoms with E-state index >= 15 is 0 Å². The van der Waals surface area contributed by atoms with Gasteiger partial charge in [0.25, 0.3) is 5.78 Å². The fourth-order valence-electron chi connectivity index (χ4n) is 0.840. The Hall–Kier alpha value is -1.78. The molecule has 0 aromatic carbocycles. The van der Waals surface area contributed by atoms with E-state index < -0.39 is 11.7 Å². The van der Waals surface area contributed by atoms with Gasteiger partial charge in [0, 0.05) is 12.4 Å². The normalized spacial score (nSPS) is 15.3. The van der Waals surface area contributed by atoms with Gasteiger partial charge < -0.3 is 0 Å². The monoisotopic (exact) mass is 149 g/mol. The zero-order valence-corrected chi connectivity index (χ0v) is 5.39. The summed E-state index contributed by atoms with van der Waals surface area (Å²) in [5.41, 5.74) is 0. The molecule has 1 aliphatic rings. The summed E-state index contributed by atoms with van der Waals surface area (Å²) in [7, 11) is 0. The summed E-state index contributed by atoms with van der Waals surface area (Å²) < 4.78 is 1.11. The molecule has 0 amide bonds. The SMILES string of the molecule is O=C1C=Nc2nccn2C1=O. The highest BCUT2D eigenvalue weighted by Gasteiger charge is 2.20. The second-order valence-electron chi connectivity index (χ2n) is 2.02. The number of fused-ring (bicyclic) bond motifs is 1. The number of hydrogen-bond donors (Lipinski definition) is 0. The Kier molecular flexibility index (Phi) is 1.00. The number of aromatic nitrogens is 2. The lowest BCUT2D eigenvalue weighted by molar-refractivity contribution is -0.109. The molecular formula is C6H3N3O2. The maximum Gasteiger partial charge on any atom is 0.306 e. The molecule has 1 aromatic heterocycles. The Balaban J connectivity index is 2.66. The van der Waals surface area contributed by atoms with Crippen molar-refractivity contribution >= 4 is 23.9 Å². The molecule has 0 N–H and O–H groups in total. The summed E-state index contributed by atoms with van der Waals surface area (Å²) in [5.74, 6) is -0.961. The first-order valence-electron chi connectivity index (χ1n) is 2.95. The number of hydrogen-bond acceptors (Lipinski definition) is 4. The molecular weight excluding hydrogens is 146 g/mol. The highest BCUT2D eigenvalue weighted by molar-refractivity contribution is 6.59. The quantitative estimate of drug-likeness (QED) is 0.480. The van der Waals surface area contributed by atoms with E-state index in [-0.39, 0.29) is 5.95 Å². The Bertz CT molecular complexity index is 364. The summed E-state index contributed by atoms with van der Waals surface area (Å²) in [6.07, 6.45) is 3.81. The topological polar surface area (TPSA) is 64.3 Å². The smallest absolute Gasteiger partial charge is 0.282 e. The van der Waals surface area contributed by atoms with Gasteiger partial charge in [-0.1, -0.05) is 0 Å². The van der Waals surface area contributed by atoms with Crippen molar-refractivity contribution in [1.82, 2.24) is 9.55 Å². The van der Waals surface area contributed by atoms with Gasteiger partial charge in [-0.2, -0.15) is 0 Å². The number of imidazole rings is 1. The maximum absolute atomic E-state index is 11.0. The first-order valence-corrected chi connectivity index (χ1v) is 2.95. The van der Waals surface area contributed by atoms with Gasteiger partial charge in [0.1, 0.15) is 0 Å². The molecule has 1 aromatic rings. The van der Waals surface area contributed by atoms with E-state index in [4.69, 9.17) is 0 Å². The molecule has 0 atom stereocenters. The fraction of sp³-hybridized carbons (Fsp3) is 0. The Morgan fingerprint density at radius 2 is 2.18 bits per heavy atom. The third kappa shape index (κ3) is 0.706. The lowest BCUT2D eigenvalue weighted by atomic mass is 10.4. The van der Waals surface area contributed by atoms with Crippen LogP contribution >= 0.6 is 0 Å². The number of carbonyl (C=O) groups is 2. The molecule has 2 heterocycles. The number of rotatable bonds is 0. The Labute approximate surface area is 61.4 Å². The zero-order valence-electron chi connectivity index (χ0n) is 5.39. The molecule has 0 radical (unpaired) electrons. The minimum absolute atomic E-state index is 0.259. The Morgan fingerprint density at radius 1 is 1.36 bits per heavy atom. The van der Waals surface area contributed by atoms with E-state index in [0.717, 1.165) is 10.8 Å². The first kappa shape index (κ1) is 5.96. The molecule has 0 aliphatic carbocycles. The highest BCUT2D eigenvalue weighted by Crippen LogP contribution is 2.10. The predicted octanol–water partition coefficient (Wildman–Crippen LogP) is -0.192. The van der Waals surface area contributed by atoms with Crippen molar-refractivity contribution in [2.24, 2.45) is 4.99 Å². The maximum atomic E-state index is 11.0. The van der Waals surface area contributed by atoms with Crippen LogP contribution in [0.5, 0.6) is 0 Å². The van der Waals surface area contributed by atoms with Crippen LogP contribution in [0.15, 0.2) is 17.4 Å². The van der Waals surface area contributed by atoms with Crippen LogP contribution in [0.2, 0.25) is 0 Å². The standard InChI is InChI=1S/C6H3N3O2/c10-4-3-8-6-7-1-2-9(6)5(4)11/h1-3H. The number of aliphatic imine (C=N–C) groups is 1. The minimum atomic E-state index is -0.615. The average molecular weight is 149 g/mol. The van der Waals surface area contributed by atoms with Gasteiger partial charge in [-0.3, -0.25) is 9.59 Å². The van der Waals surface area contributed by atoms with Crippen molar-refractivity contribution in [3.05, 3.63) is 12.4 Å². The average Bonchev–Trinajstić information content (AvgIpc) is 2.45. The highest BCUT2D eigenvalue weighted by atomic mass is 16.2. The van der Waals surface area contributed by atoms with Crippen molar-refractivity contribution < 1.29 is 9.59 Å². The van der Waals surface area contributed by atoms with Gasteiger partial charge in [0.15, 0.2) is 0 Å². The zero-order chi connectivity index (χ0) is 7.84. The fourth-order valence-corrected chi connectivity index (χ4v) is 0.840. The van der Waals surface area contributed by atoms with Crippen molar-refractivity contribution in [3.63, 3.8) is 0 Å². The number of carbonyl (C=O) groups excluding carboxylic acids is 2. The van der Waals surface area contributed by atoms with Crippen LogP contribution in [0, 0.1) is 0 Å². The van der Waals surface area contributed by atoms with E-state index in [1.807, 2.05) is 0 Å². The Morgan fingerprint density at radius 3 is 3.00 bits per heavy atom. The van der Waals surface area contributed by atoms with Crippen molar-refractivity contribution in [3.8, 4) is 0 Å². The van der Waals surface area contributed by atoms with Crippen molar-refractivity contribution in [1.29, 1.82) is 0 Å². The molecule has 0 fully saturated rings. The first-order chi connectivity index (χ1) is 5.29. The van der Waals surface area contributed by atoms with Crippen LogP contribution in [0.25, 0.3) is 0 Å². The van der Waals surface area contributed by atoms with E-state index in [9.17, 15) is 9.59 Å². The van der Waals surface area contributed by atoms with Gasteiger partial charge in [-0.25, -0.2) is 14.5 Å². The van der Waals surface area contributed by atoms with Crippen LogP contribution in [0.4, 0.5) is 5.95 Å².